The molecule has 0 amide bonds. The Morgan fingerprint density at radius 1 is 1.24 bits per heavy atom. The zero-order chi connectivity index (χ0) is 12.5. The molecular weight excluding hydrogens is 238 g/mol. The topological polar surface area (TPSA) is 30.5 Å². The summed E-state index contributed by atoms with van der Waals surface area (Å²) in [6.45, 7) is 2.34. The molecule has 0 saturated heterocycles. The first-order valence-electron chi connectivity index (χ1n) is 5.73. The first-order chi connectivity index (χ1) is 8.26. The van der Waals surface area contributed by atoms with Crippen LogP contribution >= 0.6 is 11.6 Å². The van der Waals surface area contributed by atoms with Gasteiger partial charge in [-0.3, -0.25) is 0 Å². The van der Waals surface area contributed by atoms with E-state index in [1.54, 1.807) is 14.2 Å². The van der Waals surface area contributed by atoms with Gasteiger partial charge in [0.1, 0.15) is 5.75 Å². The lowest BCUT2D eigenvalue weighted by Crippen LogP contribution is -2.20. The summed E-state index contributed by atoms with van der Waals surface area (Å²) >= 11 is 6.02. The van der Waals surface area contributed by atoms with E-state index in [1.165, 1.54) is 5.56 Å². The Bertz CT molecular complexity index is 303. The van der Waals surface area contributed by atoms with Gasteiger partial charge in [0.05, 0.1) is 19.1 Å². The maximum Gasteiger partial charge on any atom is 0.118 e. The Kier molecular flexibility index (Phi) is 7.01. The van der Waals surface area contributed by atoms with Crippen LogP contribution in [0.1, 0.15) is 12.0 Å². The van der Waals surface area contributed by atoms with Crippen molar-refractivity contribution >= 4 is 11.6 Å². The molecule has 0 fully saturated rings. The highest BCUT2D eigenvalue weighted by Crippen LogP contribution is 2.11. The Morgan fingerprint density at radius 3 is 2.53 bits per heavy atom. The predicted octanol–water partition coefficient (Wildman–Crippen LogP) is 2.43. The largest absolute Gasteiger partial charge is 0.497 e. The van der Waals surface area contributed by atoms with Crippen molar-refractivity contribution in [1.82, 2.24) is 5.32 Å². The van der Waals surface area contributed by atoms with Crippen LogP contribution in [0.15, 0.2) is 24.3 Å². The standard InChI is InChI=1S/C13H20ClNO2/c1-16-10-12(14)7-8-15-9-11-3-5-13(17-2)6-4-11/h3-6,12,15H,7-10H2,1-2H3. The molecule has 17 heavy (non-hydrogen) atoms. The van der Waals surface area contributed by atoms with Crippen molar-refractivity contribution in [2.75, 3.05) is 27.4 Å². The fourth-order valence-corrected chi connectivity index (χ4v) is 1.73. The highest BCUT2D eigenvalue weighted by molar-refractivity contribution is 6.20. The van der Waals surface area contributed by atoms with Crippen molar-refractivity contribution in [3.63, 3.8) is 0 Å². The SMILES string of the molecule is COCC(Cl)CCNCc1ccc(OC)cc1. The fourth-order valence-electron chi connectivity index (χ4n) is 1.50. The van der Waals surface area contributed by atoms with Crippen LogP contribution < -0.4 is 10.1 Å². The molecule has 0 saturated carbocycles. The van der Waals surface area contributed by atoms with E-state index in [0.717, 1.165) is 25.3 Å². The van der Waals surface area contributed by atoms with E-state index in [2.05, 4.69) is 17.4 Å². The highest BCUT2D eigenvalue weighted by Gasteiger charge is 2.02. The summed E-state index contributed by atoms with van der Waals surface area (Å²) in [6, 6.07) is 8.04. The Balaban J connectivity index is 2.17. The van der Waals surface area contributed by atoms with Crippen LogP contribution in [0.2, 0.25) is 0 Å². The molecule has 1 aromatic carbocycles. The predicted molar refractivity (Wildman–Crippen MR) is 70.8 cm³/mol. The second-order valence-corrected chi connectivity index (χ2v) is 4.48. The van der Waals surface area contributed by atoms with Gasteiger partial charge < -0.3 is 14.8 Å². The van der Waals surface area contributed by atoms with Crippen molar-refractivity contribution in [2.45, 2.75) is 18.3 Å². The zero-order valence-corrected chi connectivity index (χ0v) is 11.2. The first kappa shape index (κ1) is 14.3. The molecule has 0 radical (unpaired) electrons. The van der Waals surface area contributed by atoms with E-state index in [-0.39, 0.29) is 5.38 Å². The Labute approximate surface area is 108 Å². The summed E-state index contributed by atoms with van der Waals surface area (Å²) in [4.78, 5) is 0. The van der Waals surface area contributed by atoms with Crippen molar-refractivity contribution < 1.29 is 9.47 Å². The number of hydrogen-bond acceptors (Lipinski definition) is 3. The van der Waals surface area contributed by atoms with Crippen molar-refractivity contribution in [1.29, 1.82) is 0 Å². The first-order valence-corrected chi connectivity index (χ1v) is 6.16. The van der Waals surface area contributed by atoms with Crippen molar-refractivity contribution in [3.05, 3.63) is 29.8 Å². The third kappa shape index (κ3) is 5.91. The van der Waals surface area contributed by atoms with Crippen LogP contribution in [-0.4, -0.2) is 32.7 Å². The molecule has 1 unspecified atom stereocenters. The quantitative estimate of drug-likeness (QED) is 0.573. The van der Waals surface area contributed by atoms with E-state index < -0.39 is 0 Å². The summed E-state index contributed by atoms with van der Waals surface area (Å²) in [7, 11) is 3.34. The Morgan fingerprint density at radius 2 is 1.94 bits per heavy atom. The van der Waals surface area contributed by atoms with Gasteiger partial charge in [-0.05, 0) is 30.7 Å². The van der Waals surface area contributed by atoms with Crippen LogP contribution in [0.3, 0.4) is 0 Å². The lowest BCUT2D eigenvalue weighted by Gasteiger charge is -2.09. The molecule has 1 atom stereocenters. The van der Waals surface area contributed by atoms with Gasteiger partial charge in [-0.2, -0.15) is 0 Å². The number of benzene rings is 1. The number of methoxy groups -OCH3 is 2. The molecule has 96 valence electrons. The molecule has 1 N–H and O–H groups in total. The maximum absolute atomic E-state index is 6.02. The van der Waals surface area contributed by atoms with Crippen LogP contribution in [-0.2, 0) is 11.3 Å². The van der Waals surface area contributed by atoms with E-state index in [1.807, 2.05) is 12.1 Å². The van der Waals surface area contributed by atoms with Crippen molar-refractivity contribution in [3.8, 4) is 5.75 Å². The van der Waals surface area contributed by atoms with Gasteiger partial charge in [0.25, 0.3) is 0 Å². The molecule has 0 spiro atoms. The molecule has 0 aliphatic carbocycles. The van der Waals surface area contributed by atoms with E-state index >= 15 is 0 Å². The number of alkyl halides is 1. The minimum Gasteiger partial charge on any atom is -0.497 e. The smallest absolute Gasteiger partial charge is 0.118 e. The third-order valence-electron chi connectivity index (χ3n) is 2.47. The zero-order valence-electron chi connectivity index (χ0n) is 10.4. The summed E-state index contributed by atoms with van der Waals surface area (Å²) in [6.07, 6.45) is 0.908. The molecule has 1 aromatic rings. The molecule has 3 nitrogen and oxygen atoms in total. The maximum atomic E-state index is 6.02. The van der Waals surface area contributed by atoms with Gasteiger partial charge in [0.2, 0.25) is 0 Å². The monoisotopic (exact) mass is 257 g/mol. The van der Waals surface area contributed by atoms with Crippen LogP contribution in [0, 0.1) is 0 Å². The van der Waals surface area contributed by atoms with Gasteiger partial charge in [0.15, 0.2) is 0 Å². The van der Waals surface area contributed by atoms with E-state index in [0.29, 0.717) is 6.61 Å². The summed E-state index contributed by atoms with van der Waals surface area (Å²) in [5, 5.41) is 3.43. The second kappa shape index (κ2) is 8.34. The average Bonchev–Trinajstić information content (AvgIpc) is 2.36. The fraction of sp³-hybridized carbons (Fsp3) is 0.538. The summed E-state index contributed by atoms with van der Waals surface area (Å²) < 4.78 is 10.1. The van der Waals surface area contributed by atoms with Crippen LogP contribution in [0.4, 0.5) is 0 Å². The summed E-state index contributed by atoms with van der Waals surface area (Å²) in [5.74, 6) is 0.884. The minimum atomic E-state index is 0.0865. The lowest BCUT2D eigenvalue weighted by molar-refractivity contribution is 0.195. The number of ether oxygens (including phenoxy) is 2. The van der Waals surface area contributed by atoms with Gasteiger partial charge in [0, 0.05) is 13.7 Å². The van der Waals surface area contributed by atoms with Gasteiger partial charge in [-0.15, -0.1) is 11.6 Å². The Hall–Kier alpha value is -0.770. The average molecular weight is 258 g/mol. The molecule has 0 heterocycles. The molecule has 0 aromatic heterocycles. The molecular formula is C13H20ClNO2. The van der Waals surface area contributed by atoms with Gasteiger partial charge in [-0.25, -0.2) is 0 Å². The minimum absolute atomic E-state index is 0.0865. The van der Waals surface area contributed by atoms with Crippen molar-refractivity contribution in [2.24, 2.45) is 0 Å². The third-order valence-corrected chi connectivity index (χ3v) is 2.81. The summed E-state index contributed by atoms with van der Waals surface area (Å²) in [5.41, 5.74) is 1.24. The molecule has 0 bridgehead atoms. The number of hydrogen-bond donors (Lipinski definition) is 1. The normalized spacial score (nSPS) is 12.4. The molecule has 1 rings (SSSR count). The lowest BCUT2D eigenvalue weighted by atomic mass is 10.2. The molecule has 0 aliphatic rings. The number of halogens is 1. The van der Waals surface area contributed by atoms with E-state index in [9.17, 15) is 0 Å². The van der Waals surface area contributed by atoms with E-state index in [4.69, 9.17) is 21.1 Å². The highest BCUT2D eigenvalue weighted by atomic mass is 35.5. The number of rotatable bonds is 8. The van der Waals surface area contributed by atoms with Gasteiger partial charge >= 0.3 is 0 Å². The number of nitrogens with one attached hydrogen (secondary N) is 1. The van der Waals surface area contributed by atoms with Crippen LogP contribution in [0.5, 0.6) is 5.75 Å². The second-order valence-electron chi connectivity index (χ2n) is 3.87. The van der Waals surface area contributed by atoms with Gasteiger partial charge in [-0.1, -0.05) is 12.1 Å². The molecule has 4 heteroatoms. The molecule has 0 aliphatic heterocycles. The van der Waals surface area contributed by atoms with Crippen LogP contribution in [0.25, 0.3) is 0 Å².